The van der Waals surface area contributed by atoms with E-state index in [1.807, 2.05) is 0 Å². The molecule has 0 aliphatic carbocycles. The summed E-state index contributed by atoms with van der Waals surface area (Å²) >= 11 is 0. The molecule has 1 amide bonds. The lowest BCUT2D eigenvalue weighted by Gasteiger charge is -1.93. The summed E-state index contributed by atoms with van der Waals surface area (Å²) in [6, 6.07) is 5.73. The van der Waals surface area contributed by atoms with Crippen LogP contribution in [0.1, 0.15) is 5.56 Å². The van der Waals surface area contributed by atoms with Crippen LogP contribution in [0.2, 0.25) is 0 Å². The predicted octanol–water partition coefficient (Wildman–Crippen LogP) is 2.44. The maximum absolute atomic E-state index is 10.8. The van der Waals surface area contributed by atoms with Crippen molar-refractivity contribution < 1.29 is 9.72 Å². The Labute approximate surface area is 89.8 Å². The molecule has 0 unspecified atom stereocenters. The lowest BCUT2D eigenvalue weighted by Crippen LogP contribution is -1.88. The Bertz CT molecular complexity index is 503. The summed E-state index contributed by atoms with van der Waals surface area (Å²) in [4.78, 5) is 23.0. The maximum Gasteiger partial charge on any atom is 0.270 e. The van der Waals surface area contributed by atoms with E-state index in [1.54, 1.807) is 6.07 Å². The van der Waals surface area contributed by atoms with E-state index in [2.05, 4.69) is 10.0 Å². The third-order valence-corrected chi connectivity index (χ3v) is 1.64. The van der Waals surface area contributed by atoms with E-state index in [-0.39, 0.29) is 5.69 Å². The fourth-order valence-electron chi connectivity index (χ4n) is 0.987. The molecule has 0 aromatic heterocycles. The third-order valence-electron chi connectivity index (χ3n) is 1.64. The number of azide groups is 1. The zero-order valence-electron chi connectivity index (χ0n) is 7.98. The highest BCUT2D eigenvalue weighted by Crippen LogP contribution is 2.13. The standard InChI is InChI=1S/C9H6N4O3/c10-12-11-9(14)5-4-7-2-1-3-8(6-7)13(15)16/h1-6H/b5-4+. The molecule has 7 nitrogen and oxygen atoms in total. The van der Waals surface area contributed by atoms with Crippen molar-refractivity contribution in [1.82, 2.24) is 0 Å². The summed E-state index contributed by atoms with van der Waals surface area (Å²) in [5.41, 5.74) is 8.38. The molecule has 0 spiro atoms. The van der Waals surface area contributed by atoms with Crippen molar-refractivity contribution in [3.8, 4) is 0 Å². The van der Waals surface area contributed by atoms with Gasteiger partial charge in [0.2, 0.25) is 5.91 Å². The molecule has 0 fully saturated rings. The number of benzene rings is 1. The fourth-order valence-corrected chi connectivity index (χ4v) is 0.987. The summed E-state index contributed by atoms with van der Waals surface area (Å²) in [5, 5.41) is 13.3. The van der Waals surface area contributed by atoms with Crippen LogP contribution in [0.4, 0.5) is 5.69 Å². The second kappa shape index (κ2) is 5.28. The van der Waals surface area contributed by atoms with Gasteiger partial charge in [-0.3, -0.25) is 14.9 Å². The van der Waals surface area contributed by atoms with Crippen LogP contribution in [-0.4, -0.2) is 10.8 Å². The molecule has 0 aliphatic rings. The lowest BCUT2D eigenvalue weighted by molar-refractivity contribution is -0.384. The fraction of sp³-hybridized carbons (Fsp3) is 0. The number of rotatable bonds is 3. The molecule has 16 heavy (non-hydrogen) atoms. The number of nitro benzene ring substituents is 1. The topological polar surface area (TPSA) is 109 Å². The zero-order valence-corrected chi connectivity index (χ0v) is 7.98. The van der Waals surface area contributed by atoms with Gasteiger partial charge in [0.15, 0.2) is 0 Å². The minimum Gasteiger partial charge on any atom is -0.288 e. The number of carbonyl (C=O) groups excluding carboxylic acids is 1. The normalized spacial score (nSPS) is 9.75. The molecule has 0 radical (unpaired) electrons. The van der Waals surface area contributed by atoms with E-state index in [9.17, 15) is 14.9 Å². The molecular weight excluding hydrogens is 212 g/mol. The van der Waals surface area contributed by atoms with Crippen molar-refractivity contribution >= 4 is 17.7 Å². The van der Waals surface area contributed by atoms with Crippen LogP contribution in [0, 0.1) is 10.1 Å². The Balaban J connectivity index is 2.89. The summed E-state index contributed by atoms with van der Waals surface area (Å²) in [7, 11) is 0. The molecule has 0 heterocycles. The highest BCUT2D eigenvalue weighted by atomic mass is 16.6. The van der Waals surface area contributed by atoms with E-state index >= 15 is 0 Å². The molecule has 0 aliphatic heterocycles. The van der Waals surface area contributed by atoms with Crippen LogP contribution < -0.4 is 0 Å². The lowest BCUT2D eigenvalue weighted by atomic mass is 10.2. The van der Waals surface area contributed by atoms with Crippen LogP contribution in [0.25, 0.3) is 16.5 Å². The molecule has 0 atom stereocenters. The quantitative estimate of drug-likeness (QED) is 0.194. The van der Waals surface area contributed by atoms with Gasteiger partial charge in [0.25, 0.3) is 5.69 Å². The second-order valence-corrected chi connectivity index (χ2v) is 2.71. The Morgan fingerprint density at radius 3 is 2.94 bits per heavy atom. The molecule has 1 aromatic rings. The minimum atomic E-state index is -0.756. The Kier molecular flexibility index (Phi) is 3.77. The molecule has 80 valence electrons. The van der Waals surface area contributed by atoms with Crippen molar-refractivity contribution in [3.63, 3.8) is 0 Å². The largest absolute Gasteiger partial charge is 0.288 e. The first-order valence-corrected chi connectivity index (χ1v) is 4.15. The number of carbonyl (C=O) groups is 1. The molecule has 0 saturated heterocycles. The average Bonchev–Trinajstić information content (AvgIpc) is 2.27. The number of hydrogen-bond donors (Lipinski definition) is 0. The van der Waals surface area contributed by atoms with E-state index in [0.29, 0.717) is 5.56 Å². The molecule has 1 rings (SSSR count). The summed E-state index contributed by atoms with van der Waals surface area (Å²) in [6.45, 7) is 0. The summed E-state index contributed by atoms with van der Waals surface area (Å²) < 4.78 is 0. The highest BCUT2D eigenvalue weighted by Gasteiger charge is 2.03. The van der Waals surface area contributed by atoms with Gasteiger partial charge in [-0.05, 0) is 22.3 Å². The van der Waals surface area contributed by atoms with Crippen molar-refractivity contribution in [2.75, 3.05) is 0 Å². The van der Waals surface area contributed by atoms with Crippen molar-refractivity contribution in [3.05, 3.63) is 56.5 Å². The molecule has 0 N–H and O–H groups in total. The van der Waals surface area contributed by atoms with Gasteiger partial charge in [-0.2, -0.15) is 0 Å². The second-order valence-electron chi connectivity index (χ2n) is 2.71. The van der Waals surface area contributed by atoms with Gasteiger partial charge >= 0.3 is 0 Å². The summed E-state index contributed by atoms with van der Waals surface area (Å²) in [6.07, 6.45) is 2.38. The average molecular weight is 218 g/mol. The van der Waals surface area contributed by atoms with Gasteiger partial charge in [0.05, 0.1) is 4.92 Å². The van der Waals surface area contributed by atoms with Crippen LogP contribution in [0.15, 0.2) is 35.5 Å². The van der Waals surface area contributed by atoms with Gasteiger partial charge in [-0.15, -0.1) is 0 Å². The number of nitrogens with zero attached hydrogens (tertiary/aromatic N) is 4. The van der Waals surface area contributed by atoms with Crippen molar-refractivity contribution in [2.24, 2.45) is 5.11 Å². The van der Waals surface area contributed by atoms with Crippen molar-refractivity contribution in [2.45, 2.75) is 0 Å². The van der Waals surface area contributed by atoms with Gasteiger partial charge < -0.3 is 0 Å². The van der Waals surface area contributed by atoms with Crippen LogP contribution in [0.5, 0.6) is 0 Å². The van der Waals surface area contributed by atoms with Crippen LogP contribution in [0.3, 0.4) is 0 Å². The van der Waals surface area contributed by atoms with Crippen LogP contribution in [-0.2, 0) is 4.79 Å². The summed E-state index contributed by atoms with van der Waals surface area (Å²) in [5.74, 6) is -0.756. The van der Waals surface area contributed by atoms with E-state index < -0.39 is 10.8 Å². The zero-order chi connectivity index (χ0) is 12.0. The number of nitro groups is 1. The first-order valence-electron chi connectivity index (χ1n) is 4.15. The van der Waals surface area contributed by atoms with Crippen molar-refractivity contribution in [1.29, 1.82) is 0 Å². The molecular formula is C9H6N4O3. The molecule has 1 aromatic carbocycles. The first kappa shape index (κ1) is 11.4. The monoisotopic (exact) mass is 218 g/mol. The van der Waals surface area contributed by atoms with E-state index in [0.717, 1.165) is 6.08 Å². The number of non-ortho nitro benzene ring substituents is 1. The number of amides is 1. The van der Waals surface area contributed by atoms with Gasteiger partial charge in [0, 0.05) is 17.0 Å². The maximum atomic E-state index is 10.8. The Morgan fingerprint density at radius 1 is 1.56 bits per heavy atom. The SMILES string of the molecule is [N-]=[N+]=NC(=O)/C=C/c1cccc([N+](=O)[O-])c1. The predicted molar refractivity (Wildman–Crippen MR) is 56.3 cm³/mol. The first-order chi connectivity index (χ1) is 7.63. The molecule has 0 saturated carbocycles. The van der Waals surface area contributed by atoms with Gasteiger partial charge in [0.1, 0.15) is 0 Å². The number of hydrogen-bond acceptors (Lipinski definition) is 3. The van der Waals surface area contributed by atoms with E-state index in [1.165, 1.54) is 24.3 Å². The smallest absolute Gasteiger partial charge is 0.270 e. The van der Waals surface area contributed by atoms with Gasteiger partial charge in [-0.1, -0.05) is 18.2 Å². The van der Waals surface area contributed by atoms with E-state index in [4.69, 9.17) is 5.53 Å². The molecule has 0 bridgehead atoms. The van der Waals surface area contributed by atoms with Gasteiger partial charge in [-0.25, -0.2) is 0 Å². The minimum absolute atomic E-state index is 0.0709. The molecule has 7 heteroatoms. The Morgan fingerprint density at radius 2 is 2.31 bits per heavy atom. The van der Waals surface area contributed by atoms with Crippen LogP contribution >= 0.6 is 0 Å². The highest BCUT2D eigenvalue weighted by molar-refractivity contribution is 5.92. The third kappa shape index (κ3) is 3.24. The Hall–Kier alpha value is -2.66.